The molecule has 1 heterocycles. The standard InChI is InChI=1S/C16H20N2O3S/c1-4-5-12-11(15(20)18-16(17-12)22-3)8-10-6-7-14(21-2)13(19)9-10/h6-7,9,19H,4-5,8H2,1-3H3,(H,17,18,20). The zero-order valence-corrected chi connectivity index (χ0v) is 13.8. The summed E-state index contributed by atoms with van der Waals surface area (Å²) in [7, 11) is 1.50. The van der Waals surface area contributed by atoms with Crippen molar-refractivity contribution in [3.63, 3.8) is 0 Å². The molecule has 1 aromatic heterocycles. The molecule has 0 saturated carbocycles. The van der Waals surface area contributed by atoms with Crippen LogP contribution in [0, 0.1) is 0 Å². The number of aromatic amines is 1. The van der Waals surface area contributed by atoms with Gasteiger partial charge in [-0.05, 0) is 30.4 Å². The van der Waals surface area contributed by atoms with Gasteiger partial charge < -0.3 is 14.8 Å². The molecule has 1 aromatic carbocycles. The van der Waals surface area contributed by atoms with Gasteiger partial charge in [-0.15, -0.1) is 0 Å². The summed E-state index contributed by atoms with van der Waals surface area (Å²) in [5, 5.41) is 10.5. The highest BCUT2D eigenvalue weighted by molar-refractivity contribution is 7.98. The molecule has 0 amide bonds. The van der Waals surface area contributed by atoms with Crippen LogP contribution in [0.3, 0.4) is 0 Å². The van der Waals surface area contributed by atoms with E-state index < -0.39 is 0 Å². The number of phenolic OH excluding ortho intramolecular Hbond substituents is 1. The fraction of sp³-hybridized carbons (Fsp3) is 0.375. The minimum atomic E-state index is -0.113. The van der Waals surface area contributed by atoms with Crippen LogP contribution in [0.15, 0.2) is 28.2 Å². The van der Waals surface area contributed by atoms with Crippen molar-refractivity contribution < 1.29 is 9.84 Å². The van der Waals surface area contributed by atoms with Crippen LogP contribution in [0.5, 0.6) is 11.5 Å². The third-order valence-electron chi connectivity index (χ3n) is 3.38. The first-order valence-corrected chi connectivity index (χ1v) is 8.33. The van der Waals surface area contributed by atoms with Gasteiger partial charge in [-0.3, -0.25) is 4.79 Å². The summed E-state index contributed by atoms with van der Waals surface area (Å²) in [6, 6.07) is 5.16. The second-order valence-corrected chi connectivity index (χ2v) is 5.73. The minimum absolute atomic E-state index is 0.0714. The molecule has 0 saturated heterocycles. The quantitative estimate of drug-likeness (QED) is 0.632. The van der Waals surface area contributed by atoms with Gasteiger partial charge in [0.2, 0.25) is 0 Å². The highest BCUT2D eigenvalue weighted by atomic mass is 32.2. The fourth-order valence-corrected chi connectivity index (χ4v) is 2.69. The lowest BCUT2D eigenvalue weighted by molar-refractivity contribution is 0.373. The Morgan fingerprint density at radius 3 is 2.77 bits per heavy atom. The Morgan fingerprint density at radius 1 is 1.41 bits per heavy atom. The van der Waals surface area contributed by atoms with Crippen molar-refractivity contribution in [1.82, 2.24) is 9.97 Å². The number of aromatic nitrogens is 2. The molecule has 0 atom stereocenters. The van der Waals surface area contributed by atoms with Crippen molar-refractivity contribution in [2.24, 2.45) is 0 Å². The second kappa shape index (κ2) is 7.35. The average molecular weight is 320 g/mol. The number of aryl methyl sites for hydroxylation is 1. The number of phenols is 1. The first kappa shape index (κ1) is 16.4. The summed E-state index contributed by atoms with van der Waals surface area (Å²) >= 11 is 1.42. The van der Waals surface area contributed by atoms with Crippen molar-refractivity contribution >= 4 is 11.8 Å². The van der Waals surface area contributed by atoms with E-state index in [0.29, 0.717) is 22.9 Å². The molecule has 0 aliphatic carbocycles. The normalized spacial score (nSPS) is 10.7. The Morgan fingerprint density at radius 2 is 2.18 bits per heavy atom. The number of benzene rings is 1. The molecule has 118 valence electrons. The van der Waals surface area contributed by atoms with Crippen LogP contribution < -0.4 is 10.3 Å². The monoisotopic (exact) mass is 320 g/mol. The lowest BCUT2D eigenvalue weighted by Gasteiger charge is -2.10. The molecule has 2 aromatic rings. The molecule has 0 aliphatic rings. The Balaban J connectivity index is 2.40. The molecular formula is C16H20N2O3S. The van der Waals surface area contributed by atoms with Crippen molar-refractivity contribution in [2.45, 2.75) is 31.3 Å². The van der Waals surface area contributed by atoms with Gasteiger partial charge in [0.15, 0.2) is 16.7 Å². The number of nitrogens with zero attached hydrogens (tertiary/aromatic N) is 1. The van der Waals surface area contributed by atoms with Gasteiger partial charge in [-0.25, -0.2) is 4.98 Å². The number of ether oxygens (including phenoxy) is 1. The van der Waals surface area contributed by atoms with Crippen LogP contribution in [-0.4, -0.2) is 28.4 Å². The number of hydrogen-bond donors (Lipinski definition) is 2. The van der Waals surface area contributed by atoms with E-state index in [1.807, 2.05) is 12.3 Å². The Kier molecular flexibility index (Phi) is 5.49. The van der Waals surface area contributed by atoms with E-state index in [0.717, 1.165) is 24.1 Å². The molecule has 0 radical (unpaired) electrons. The smallest absolute Gasteiger partial charge is 0.255 e. The van der Waals surface area contributed by atoms with E-state index in [9.17, 15) is 9.90 Å². The Hall–Kier alpha value is -1.95. The summed E-state index contributed by atoms with van der Waals surface area (Å²) in [5.41, 5.74) is 2.22. The van der Waals surface area contributed by atoms with Gasteiger partial charge >= 0.3 is 0 Å². The van der Waals surface area contributed by atoms with Gasteiger partial charge in [0.25, 0.3) is 5.56 Å². The van der Waals surface area contributed by atoms with E-state index in [1.54, 1.807) is 12.1 Å². The molecule has 2 N–H and O–H groups in total. The minimum Gasteiger partial charge on any atom is -0.504 e. The van der Waals surface area contributed by atoms with E-state index >= 15 is 0 Å². The van der Waals surface area contributed by atoms with Gasteiger partial charge in [-0.1, -0.05) is 31.2 Å². The molecule has 5 nitrogen and oxygen atoms in total. The average Bonchev–Trinajstić information content (AvgIpc) is 2.50. The number of methoxy groups -OCH3 is 1. The number of H-pyrrole nitrogens is 1. The predicted octanol–water partition coefficient (Wildman–Crippen LogP) is 2.75. The summed E-state index contributed by atoms with van der Waals surface area (Å²) in [5.74, 6) is 0.490. The third-order valence-corrected chi connectivity index (χ3v) is 3.96. The number of thioether (sulfide) groups is 1. The number of rotatable bonds is 6. The molecule has 22 heavy (non-hydrogen) atoms. The zero-order valence-electron chi connectivity index (χ0n) is 13.0. The van der Waals surface area contributed by atoms with Gasteiger partial charge in [0.05, 0.1) is 12.8 Å². The van der Waals surface area contributed by atoms with Crippen molar-refractivity contribution in [2.75, 3.05) is 13.4 Å². The number of hydrogen-bond acceptors (Lipinski definition) is 5. The zero-order chi connectivity index (χ0) is 16.1. The number of aromatic hydroxyl groups is 1. The largest absolute Gasteiger partial charge is 0.504 e. The maximum absolute atomic E-state index is 12.3. The van der Waals surface area contributed by atoms with Crippen LogP contribution >= 0.6 is 11.8 Å². The molecule has 0 fully saturated rings. The molecule has 0 aliphatic heterocycles. The molecule has 2 rings (SSSR count). The van der Waals surface area contributed by atoms with Crippen LogP contribution in [0.1, 0.15) is 30.2 Å². The van der Waals surface area contributed by atoms with Crippen LogP contribution in [0.25, 0.3) is 0 Å². The second-order valence-electron chi connectivity index (χ2n) is 4.93. The first-order valence-electron chi connectivity index (χ1n) is 7.11. The van der Waals surface area contributed by atoms with Gasteiger partial charge in [0.1, 0.15) is 0 Å². The molecule has 0 unspecified atom stereocenters. The van der Waals surface area contributed by atoms with E-state index in [2.05, 4.69) is 16.9 Å². The van der Waals surface area contributed by atoms with Crippen molar-refractivity contribution in [1.29, 1.82) is 0 Å². The summed E-state index contributed by atoms with van der Waals surface area (Å²) < 4.78 is 5.03. The maximum atomic E-state index is 12.3. The fourth-order valence-electron chi connectivity index (χ4n) is 2.29. The van der Waals surface area contributed by atoms with E-state index in [-0.39, 0.29) is 11.3 Å². The van der Waals surface area contributed by atoms with E-state index in [1.165, 1.54) is 18.9 Å². The highest BCUT2D eigenvalue weighted by Crippen LogP contribution is 2.27. The third kappa shape index (κ3) is 3.62. The predicted molar refractivity (Wildman–Crippen MR) is 88.1 cm³/mol. The van der Waals surface area contributed by atoms with Crippen LogP contribution in [0.4, 0.5) is 0 Å². The van der Waals surface area contributed by atoms with Crippen molar-refractivity contribution in [3.05, 3.63) is 45.4 Å². The van der Waals surface area contributed by atoms with Gasteiger partial charge in [-0.2, -0.15) is 0 Å². The molecular weight excluding hydrogens is 300 g/mol. The van der Waals surface area contributed by atoms with Crippen LogP contribution in [0.2, 0.25) is 0 Å². The summed E-state index contributed by atoms with van der Waals surface area (Å²) in [4.78, 5) is 19.6. The van der Waals surface area contributed by atoms with E-state index in [4.69, 9.17) is 4.74 Å². The van der Waals surface area contributed by atoms with Gasteiger partial charge in [0, 0.05) is 12.0 Å². The Bertz CT molecular complexity index is 713. The molecule has 0 spiro atoms. The lowest BCUT2D eigenvalue weighted by atomic mass is 10.0. The maximum Gasteiger partial charge on any atom is 0.255 e. The first-order chi connectivity index (χ1) is 10.6. The molecule has 0 bridgehead atoms. The topological polar surface area (TPSA) is 75.2 Å². The Labute approximate surface area is 133 Å². The lowest BCUT2D eigenvalue weighted by Crippen LogP contribution is -2.19. The van der Waals surface area contributed by atoms with Crippen LogP contribution in [-0.2, 0) is 12.8 Å². The summed E-state index contributed by atoms with van der Waals surface area (Å²) in [6.07, 6.45) is 4.00. The van der Waals surface area contributed by atoms with Crippen molar-refractivity contribution in [3.8, 4) is 11.5 Å². The summed E-state index contributed by atoms with van der Waals surface area (Å²) in [6.45, 7) is 2.06. The number of nitrogens with one attached hydrogen (secondary N) is 1. The highest BCUT2D eigenvalue weighted by Gasteiger charge is 2.13. The molecule has 6 heteroatoms. The SMILES string of the molecule is CCCc1nc(SC)[nH]c(=O)c1Cc1ccc(OC)c(O)c1.